The van der Waals surface area contributed by atoms with Crippen molar-refractivity contribution in [3.63, 3.8) is 0 Å². The number of rotatable bonds is 7. The molecule has 0 bridgehead atoms. The lowest BCUT2D eigenvalue weighted by atomic mass is 10.0. The number of hydrogen-bond acceptors (Lipinski definition) is 2. The Hall–Kier alpha value is -2.60. The Labute approximate surface area is 166 Å². The van der Waals surface area contributed by atoms with Gasteiger partial charge in [-0.1, -0.05) is 23.7 Å². The zero-order valence-corrected chi connectivity index (χ0v) is 16.3. The monoisotopic (exact) mass is 407 g/mol. The second kappa shape index (κ2) is 8.19. The maximum atomic E-state index is 14.4. The van der Waals surface area contributed by atoms with Gasteiger partial charge >= 0.3 is 5.97 Å². The second-order valence-corrected chi connectivity index (χ2v) is 7.23. The molecule has 3 rings (SSSR count). The first-order valence-corrected chi connectivity index (χ1v) is 9.30. The standard InChI is InChI=1S/C21H20ClF2NO3/c1-12(2)25-11-16(22)15-6-5-13(10-19(15)25)14-8-17(23)21(18(24)9-14)28-7-3-4-20(26)27/h5-6,8-12H,3-4,7H2,1-2H3,(H,26,27). The van der Waals surface area contributed by atoms with E-state index in [0.717, 1.165) is 10.9 Å². The van der Waals surface area contributed by atoms with Crippen molar-refractivity contribution in [1.82, 2.24) is 4.57 Å². The largest absolute Gasteiger partial charge is 0.488 e. The molecule has 0 fully saturated rings. The number of aromatic nitrogens is 1. The van der Waals surface area contributed by atoms with Crippen molar-refractivity contribution < 1.29 is 23.4 Å². The van der Waals surface area contributed by atoms with Gasteiger partial charge in [-0.15, -0.1) is 0 Å². The third-order valence-corrected chi connectivity index (χ3v) is 4.76. The normalized spacial score (nSPS) is 11.4. The van der Waals surface area contributed by atoms with E-state index in [1.807, 2.05) is 36.7 Å². The highest BCUT2D eigenvalue weighted by atomic mass is 35.5. The van der Waals surface area contributed by atoms with Crippen LogP contribution in [0.15, 0.2) is 36.5 Å². The highest BCUT2D eigenvalue weighted by molar-refractivity contribution is 6.35. The summed E-state index contributed by atoms with van der Waals surface area (Å²) in [5, 5.41) is 10.1. The number of carboxylic acid groups (broad SMARTS) is 1. The summed E-state index contributed by atoms with van der Waals surface area (Å²) in [5.41, 5.74) is 1.91. The Bertz CT molecular complexity index is 1010. The highest BCUT2D eigenvalue weighted by Gasteiger charge is 2.16. The summed E-state index contributed by atoms with van der Waals surface area (Å²) in [4.78, 5) is 10.5. The molecule has 1 N–H and O–H groups in total. The fourth-order valence-electron chi connectivity index (χ4n) is 3.08. The first-order valence-electron chi connectivity index (χ1n) is 8.92. The molecule has 0 atom stereocenters. The van der Waals surface area contributed by atoms with Crippen molar-refractivity contribution in [3.05, 3.63) is 53.2 Å². The topological polar surface area (TPSA) is 51.5 Å². The van der Waals surface area contributed by atoms with Gasteiger partial charge in [-0.3, -0.25) is 4.79 Å². The van der Waals surface area contributed by atoms with Crippen molar-refractivity contribution in [2.45, 2.75) is 32.7 Å². The van der Waals surface area contributed by atoms with Gasteiger partial charge in [-0.05, 0) is 49.6 Å². The molecule has 0 spiro atoms. The lowest BCUT2D eigenvalue weighted by Crippen LogP contribution is -2.05. The smallest absolute Gasteiger partial charge is 0.303 e. The van der Waals surface area contributed by atoms with Crippen LogP contribution in [-0.4, -0.2) is 22.2 Å². The highest BCUT2D eigenvalue weighted by Crippen LogP contribution is 2.34. The van der Waals surface area contributed by atoms with Crippen LogP contribution < -0.4 is 4.74 Å². The van der Waals surface area contributed by atoms with Crippen LogP contribution in [0.25, 0.3) is 22.0 Å². The van der Waals surface area contributed by atoms with Gasteiger partial charge in [-0.2, -0.15) is 0 Å². The molecule has 7 heteroatoms. The van der Waals surface area contributed by atoms with E-state index in [1.165, 1.54) is 12.1 Å². The van der Waals surface area contributed by atoms with Crippen molar-refractivity contribution in [2.24, 2.45) is 0 Å². The number of carboxylic acids is 1. The number of ether oxygens (including phenoxy) is 1. The molecule has 0 saturated carbocycles. The van der Waals surface area contributed by atoms with Gasteiger partial charge in [0.1, 0.15) is 0 Å². The number of nitrogens with zero attached hydrogens (tertiary/aromatic N) is 1. The zero-order valence-electron chi connectivity index (χ0n) is 15.5. The van der Waals surface area contributed by atoms with Gasteiger partial charge < -0.3 is 14.4 Å². The summed E-state index contributed by atoms with van der Waals surface area (Å²) in [6.07, 6.45) is 1.88. The minimum atomic E-state index is -0.985. The minimum Gasteiger partial charge on any atom is -0.488 e. The van der Waals surface area contributed by atoms with E-state index in [1.54, 1.807) is 6.07 Å². The van der Waals surface area contributed by atoms with Crippen LogP contribution in [0.2, 0.25) is 5.02 Å². The van der Waals surface area contributed by atoms with Crippen LogP contribution in [0.5, 0.6) is 5.75 Å². The molecule has 1 heterocycles. The van der Waals surface area contributed by atoms with Crippen LogP contribution in [-0.2, 0) is 4.79 Å². The SMILES string of the molecule is CC(C)n1cc(Cl)c2ccc(-c3cc(F)c(OCCCC(=O)O)c(F)c3)cc21. The first-order chi connectivity index (χ1) is 13.3. The molecule has 0 amide bonds. The fourth-order valence-corrected chi connectivity index (χ4v) is 3.34. The predicted octanol–water partition coefficient (Wildman–Crippen LogP) is 6.06. The number of aliphatic carboxylic acids is 1. The average molecular weight is 408 g/mol. The van der Waals surface area contributed by atoms with Crippen molar-refractivity contribution >= 4 is 28.5 Å². The average Bonchev–Trinajstić information content (AvgIpc) is 2.96. The minimum absolute atomic E-state index is 0.0775. The summed E-state index contributed by atoms with van der Waals surface area (Å²) < 4.78 is 35.9. The van der Waals surface area contributed by atoms with E-state index in [4.69, 9.17) is 21.4 Å². The molecule has 2 aromatic carbocycles. The molecule has 0 aliphatic rings. The van der Waals surface area contributed by atoms with Crippen LogP contribution in [0.4, 0.5) is 8.78 Å². The molecule has 1 aromatic heterocycles. The first kappa shape index (κ1) is 20.1. The van der Waals surface area contributed by atoms with Gasteiger partial charge in [0.25, 0.3) is 0 Å². The van der Waals surface area contributed by atoms with E-state index in [9.17, 15) is 13.6 Å². The maximum Gasteiger partial charge on any atom is 0.303 e. The molecule has 4 nitrogen and oxygen atoms in total. The Morgan fingerprint density at radius 2 is 1.86 bits per heavy atom. The molecular formula is C21H20ClF2NO3. The maximum absolute atomic E-state index is 14.4. The van der Waals surface area contributed by atoms with Gasteiger partial charge in [0, 0.05) is 24.0 Å². The van der Waals surface area contributed by atoms with Gasteiger partial charge in [0.15, 0.2) is 17.4 Å². The van der Waals surface area contributed by atoms with E-state index in [-0.39, 0.29) is 25.5 Å². The molecule has 0 aliphatic carbocycles. The summed E-state index contributed by atoms with van der Waals surface area (Å²) >= 11 is 6.28. The number of carbonyl (C=O) groups is 1. The summed E-state index contributed by atoms with van der Waals surface area (Å²) in [5.74, 6) is -3.14. The molecule has 0 saturated heterocycles. The number of halogens is 3. The van der Waals surface area contributed by atoms with E-state index in [2.05, 4.69) is 0 Å². The number of hydrogen-bond donors (Lipinski definition) is 1. The zero-order chi connectivity index (χ0) is 20.4. The van der Waals surface area contributed by atoms with Crippen molar-refractivity contribution in [2.75, 3.05) is 6.61 Å². The van der Waals surface area contributed by atoms with Crippen LogP contribution in [0, 0.1) is 11.6 Å². The third kappa shape index (κ3) is 4.12. The van der Waals surface area contributed by atoms with Crippen LogP contribution >= 0.6 is 11.6 Å². The lowest BCUT2D eigenvalue weighted by Gasteiger charge is -2.12. The molecule has 3 aromatic rings. The van der Waals surface area contributed by atoms with E-state index in [0.29, 0.717) is 16.1 Å². The van der Waals surface area contributed by atoms with Crippen LogP contribution in [0.3, 0.4) is 0 Å². The molecule has 148 valence electrons. The summed E-state index contributed by atoms with van der Waals surface area (Å²) in [6.45, 7) is 3.97. The number of fused-ring (bicyclic) bond motifs is 1. The second-order valence-electron chi connectivity index (χ2n) is 6.82. The molecule has 0 radical (unpaired) electrons. The van der Waals surface area contributed by atoms with Crippen molar-refractivity contribution in [3.8, 4) is 16.9 Å². The molecular weight excluding hydrogens is 388 g/mol. The molecule has 0 unspecified atom stereocenters. The van der Waals surface area contributed by atoms with E-state index >= 15 is 0 Å². The Morgan fingerprint density at radius 3 is 2.46 bits per heavy atom. The van der Waals surface area contributed by atoms with Crippen molar-refractivity contribution in [1.29, 1.82) is 0 Å². The Kier molecular flexibility index (Phi) is 5.89. The quantitative estimate of drug-likeness (QED) is 0.484. The van der Waals surface area contributed by atoms with E-state index < -0.39 is 23.4 Å². The fraction of sp³-hybridized carbons (Fsp3) is 0.286. The molecule has 0 aliphatic heterocycles. The summed E-state index contributed by atoms with van der Waals surface area (Å²) in [7, 11) is 0. The Morgan fingerprint density at radius 1 is 1.18 bits per heavy atom. The van der Waals surface area contributed by atoms with Gasteiger partial charge in [0.2, 0.25) is 0 Å². The summed E-state index contributed by atoms with van der Waals surface area (Å²) in [6, 6.07) is 8.05. The van der Waals surface area contributed by atoms with Gasteiger partial charge in [0.05, 0.1) is 17.1 Å². The predicted molar refractivity (Wildman–Crippen MR) is 105 cm³/mol. The third-order valence-electron chi connectivity index (χ3n) is 4.45. The Balaban J connectivity index is 1.91. The lowest BCUT2D eigenvalue weighted by molar-refractivity contribution is -0.137. The molecule has 28 heavy (non-hydrogen) atoms. The van der Waals surface area contributed by atoms with Gasteiger partial charge in [-0.25, -0.2) is 8.78 Å². The van der Waals surface area contributed by atoms with Crippen LogP contribution in [0.1, 0.15) is 32.7 Å². The number of benzene rings is 2.